The molecule has 0 unspecified atom stereocenters. The van der Waals surface area contributed by atoms with Crippen LogP contribution in [0.5, 0.6) is 5.75 Å². The molecule has 0 saturated carbocycles. The lowest BCUT2D eigenvalue weighted by molar-refractivity contribution is 0.160. The highest BCUT2D eigenvalue weighted by Crippen LogP contribution is 2.23. The number of ether oxygens (including phenoxy) is 1. The summed E-state index contributed by atoms with van der Waals surface area (Å²) in [6, 6.07) is 7.64. The summed E-state index contributed by atoms with van der Waals surface area (Å²) in [5.41, 5.74) is 1.59. The Bertz CT molecular complexity index is 877. The Kier molecular flexibility index (Phi) is 10.3. The van der Waals surface area contributed by atoms with E-state index in [0.29, 0.717) is 38.5 Å². The lowest BCUT2D eigenvalue weighted by Crippen LogP contribution is -2.33. The van der Waals surface area contributed by atoms with Crippen molar-refractivity contribution < 1.29 is 18.0 Å². The maximum Gasteiger partial charge on any atom is 0.304 e. The number of rotatable bonds is 13. The third-order valence-electron chi connectivity index (χ3n) is 4.68. The summed E-state index contributed by atoms with van der Waals surface area (Å²) in [4.78, 5) is 4.94. The Balaban J connectivity index is 1.71. The highest BCUT2D eigenvalue weighted by molar-refractivity contribution is 7.87. The molecule has 1 aliphatic heterocycles. The second-order valence-electron chi connectivity index (χ2n) is 6.94. The first-order valence-electron chi connectivity index (χ1n) is 10.6. The summed E-state index contributed by atoms with van der Waals surface area (Å²) in [5.74, 6) is 0.803. The molecule has 0 aliphatic carbocycles. The Hall–Kier alpha value is -2.58. The summed E-state index contributed by atoms with van der Waals surface area (Å²) < 4.78 is 34.4. The van der Waals surface area contributed by atoms with Gasteiger partial charge in [0.15, 0.2) is 0 Å². The van der Waals surface area contributed by atoms with Crippen molar-refractivity contribution in [3.8, 4) is 5.75 Å². The second-order valence-corrected chi connectivity index (χ2v) is 8.79. The zero-order chi connectivity index (χ0) is 22.5. The van der Waals surface area contributed by atoms with E-state index in [9.17, 15) is 8.42 Å². The van der Waals surface area contributed by atoms with Gasteiger partial charge in [-0.25, -0.2) is 0 Å². The van der Waals surface area contributed by atoms with Gasteiger partial charge in [0, 0.05) is 19.6 Å². The van der Waals surface area contributed by atoms with Gasteiger partial charge in [0.05, 0.1) is 18.5 Å². The lowest BCUT2D eigenvalue weighted by atomic mass is 10.2. The standard InChI is InChI=1S/C23H33N3O4S/c1-4-10-22(11-5-2)26-18-17-25(31(26,27)28)16-8-7-9-19-29-23-14-12-21(13-15-23)20-24-30-6-3/h4-5,10-15,20H,1,6-9,16-19H2,2-3H3/b11-5-,22-10+,24-20+. The molecule has 0 N–H and O–H groups in total. The molecule has 31 heavy (non-hydrogen) atoms. The zero-order valence-corrected chi connectivity index (χ0v) is 19.3. The molecule has 0 radical (unpaired) electrons. The van der Waals surface area contributed by atoms with Gasteiger partial charge in [-0.05, 0) is 75.1 Å². The number of allylic oxidation sites excluding steroid dienone is 4. The second kappa shape index (κ2) is 13.0. The maximum absolute atomic E-state index is 12.8. The quantitative estimate of drug-likeness (QED) is 0.197. The summed E-state index contributed by atoms with van der Waals surface area (Å²) in [5, 5.41) is 3.83. The van der Waals surface area contributed by atoms with Crippen molar-refractivity contribution >= 4 is 16.4 Å². The molecule has 170 valence electrons. The summed E-state index contributed by atoms with van der Waals surface area (Å²) in [7, 11) is -3.47. The van der Waals surface area contributed by atoms with Gasteiger partial charge in [0.2, 0.25) is 0 Å². The van der Waals surface area contributed by atoms with Crippen molar-refractivity contribution in [1.29, 1.82) is 0 Å². The number of nitrogens with zero attached hydrogens (tertiary/aromatic N) is 3. The van der Waals surface area contributed by atoms with Crippen LogP contribution in [0.4, 0.5) is 0 Å². The van der Waals surface area contributed by atoms with Crippen LogP contribution in [0.15, 0.2) is 66.0 Å². The Morgan fingerprint density at radius 3 is 2.65 bits per heavy atom. The predicted octanol–water partition coefficient (Wildman–Crippen LogP) is 4.11. The van der Waals surface area contributed by atoms with Crippen LogP contribution in [-0.2, 0) is 15.0 Å². The van der Waals surface area contributed by atoms with Gasteiger partial charge < -0.3 is 9.57 Å². The molecule has 1 saturated heterocycles. The van der Waals surface area contributed by atoms with E-state index in [-0.39, 0.29) is 0 Å². The summed E-state index contributed by atoms with van der Waals surface area (Å²) in [6.07, 6.45) is 11.2. The zero-order valence-electron chi connectivity index (χ0n) is 18.4. The van der Waals surface area contributed by atoms with Gasteiger partial charge >= 0.3 is 10.2 Å². The molecule has 1 aliphatic rings. The van der Waals surface area contributed by atoms with E-state index < -0.39 is 10.2 Å². The Morgan fingerprint density at radius 2 is 1.97 bits per heavy atom. The number of hydrogen-bond donors (Lipinski definition) is 0. The van der Waals surface area contributed by atoms with E-state index >= 15 is 0 Å². The van der Waals surface area contributed by atoms with Crippen LogP contribution in [0.1, 0.15) is 38.7 Å². The van der Waals surface area contributed by atoms with Crippen molar-refractivity contribution in [3.05, 3.63) is 66.4 Å². The van der Waals surface area contributed by atoms with E-state index in [1.807, 2.05) is 44.2 Å². The number of unbranched alkanes of at least 4 members (excludes halogenated alkanes) is 2. The molecular formula is C23H33N3O4S. The Morgan fingerprint density at radius 1 is 1.19 bits per heavy atom. The molecule has 0 amide bonds. The van der Waals surface area contributed by atoms with Crippen LogP contribution >= 0.6 is 0 Å². The van der Waals surface area contributed by atoms with Crippen LogP contribution in [0, 0.1) is 0 Å². The van der Waals surface area contributed by atoms with E-state index in [2.05, 4.69) is 11.7 Å². The fourth-order valence-electron chi connectivity index (χ4n) is 3.16. The first kappa shape index (κ1) is 24.7. The van der Waals surface area contributed by atoms with E-state index in [1.165, 1.54) is 4.31 Å². The van der Waals surface area contributed by atoms with Crippen LogP contribution < -0.4 is 4.74 Å². The van der Waals surface area contributed by atoms with Gasteiger partial charge in [-0.15, -0.1) is 0 Å². The third kappa shape index (κ3) is 7.56. The molecule has 2 rings (SSSR count). The van der Waals surface area contributed by atoms with Crippen LogP contribution in [0.3, 0.4) is 0 Å². The van der Waals surface area contributed by atoms with E-state index in [1.54, 1.807) is 28.7 Å². The first-order chi connectivity index (χ1) is 15.0. The van der Waals surface area contributed by atoms with Crippen molar-refractivity contribution in [2.24, 2.45) is 5.16 Å². The van der Waals surface area contributed by atoms with Crippen molar-refractivity contribution in [3.63, 3.8) is 0 Å². The molecule has 8 heteroatoms. The normalized spacial score (nSPS) is 17.0. The van der Waals surface area contributed by atoms with Crippen LogP contribution in [0.2, 0.25) is 0 Å². The van der Waals surface area contributed by atoms with Crippen molar-refractivity contribution in [2.75, 3.05) is 32.8 Å². The minimum absolute atomic E-state index is 0.459. The van der Waals surface area contributed by atoms with Crippen molar-refractivity contribution in [1.82, 2.24) is 8.61 Å². The highest BCUT2D eigenvalue weighted by atomic mass is 32.2. The molecular weight excluding hydrogens is 414 g/mol. The molecule has 0 aromatic heterocycles. The first-order valence-corrected chi connectivity index (χ1v) is 12.0. The molecule has 1 aromatic carbocycles. The van der Waals surface area contributed by atoms with Crippen LogP contribution in [-0.4, -0.2) is 56.1 Å². The third-order valence-corrected chi connectivity index (χ3v) is 6.65. The maximum atomic E-state index is 12.8. The van der Waals surface area contributed by atoms with Gasteiger partial charge in [-0.2, -0.15) is 12.7 Å². The molecule has 1 aromatic rings. The molecule has 0 spiro atoms. The minimum Gasteiger partial charge on any atom is -0.494 e. The molecule has 1 heterocycles. The van der Waals surface area contributed by atoms with E-state index in [4.69, 9.17) is 9.57 Å². The van der Waals surface area contributed by atoms with Gasteiger partial charge in [-0.1, -0.05) is 23.9 Å². The minimum atomic E-state index is -3.47. The van der Waals surface area contributed by atoms with E-state index in [0.717, 1.165) is 30.6 Å². The van der Waals surface area contributed by atoms with Gasteiger partial charge in [0.25, 0.3) is 0 Å². The average Bonchev–Trinajstić information content (AvgIpc) is 3.05. The number of benzene rings is 1. The van der Waals surface area contributed by atoms with Gasteiger partial charge in [0.1, 0.15) is 12.4 Å². The molecule has 1 fully saturated rings. The molecule has 0 atom stereocenters. The topological polar surface area (TPSA) is 71.4 Å². The highest BCUT2D eigenvalue weighted by Gasteiger charge is 2.36. The fraction of sp³-hybridized carbons (Fsp3) is 0.435. The summed E-state index contributed by atoms with van der Waals surface area (Å²) in [6.45, 7) is 10.0. The number of hydrogen-bond acceptors (Lipinski definition) is 5. The largest absolute Gasteiger partial charge is 0.494 e. The molecule has 7 nitrogen and oxygen atoms in total. The van der Waals surface area contributed by atoms with Gasteiger partial charge in [-0.3, -0.25) is 4.31 Å². The average molecular weight is 448 g/mol. The number of oxime groups is 1. The summed E-state index contributed by atoms with van der Waals surface area (Å²) >= 11 is 0. The monoisotopic (exact) mass is 447 g/mol. The molecule has 0 bridgehead atoms. The van der Waals surface area contributed by atoms with Crippen LogP contribution in [0.25, 0.3) is 0 Å². The van der Waals surface area contributed by atoms with Crippen molar-refractivity contribution in [2.45, 2.75) is 33.1 Å². The predicted molar refractivity (Wildman–Crippen MR) is 125 cm³/mol. The fourth-order valence-corrected chi connectivity index (χ4v) is 4.81. The Labute approximate surface area is 186 Å². The SMILES string of the molecule is C=C/C=C(\C=C/C)N1CCN(CCCCCOc2ccc(/C=N/OCC)cc2)S1(=O)=O. The smallest absolute Gasteiger partial charge is 0.304 e. The lowest BCUT2D eigenvalue weighted by Gasteiger charge is -2.20.